The molecule has 4 heteroatoms. The Morgan fingerprint density at radius 2 is 1.71 bits per heavy atom. The van der Waals surface area contributed by atoms with Gasteiger partial charge < -0.3 is 0 Å². The van der Waals surface area contributed by atoms with Crippen LogP contribution in [0.5, 0.6) is 0 Å². The van der Waals surface area contributed by atoms with Crippen molar-refractivity contribution < 1.29 is 13.2 Å². The molecule has 0 fully saturated rings. The predicted octanol–water partition coefficient (Wildman–Crippen LogP) is 3.54. The van der Waals surface area contributed by atoms with E-state index >= 15 is 0 Å². The zero-order chi connectivity index (χ0) is 10.8. The Balaban J connectivity index is 3.04. The quantitative estimate of drug-likeness (QED) is 0.784. The molecule has 0 aliphatic carbocycles. The van der Waals surface area contributed by atoms with Gasteiger partial charge in [0, 0.05) is 0 Å². The van der Waals surface area contributed by atoms with Crippen LogP contribution in [0.4, 0.5) is 13.2 Å². The van der Waals surface area contributed by atoms with E-state index in [9.17, 15) is 13.2 Å². The minimum atomic E-state index is -4.20. The van der Waals surface area contributed by atoms with Gasteiger partial charge in [0.15, 0.2) is 0 Å². The zero-order valence-corrected chi connectivity index (χ0v) is 11.5. The van der Waals surface area contributed by atoms with Crippen molar-refractivity contribution in [1.82, 2.24) is 0 Å². The summed E-state index contributed by atoms with van der Waals surface area (Å²) in [6.07, 6.45) is -4.20. The van der Waals surface area contributed by atoms with E-state index in [0.29, 0.717) is 9.74 Å². The van der Waals surface area contributed by atoms with Crippen LogP contribution in [-0.4, -0.2) is 21.4 Å². The van der Waals surface area contributed by atoms with Crippen LogP contribution >= 0.6 is 0 Å². The monoisotopic (exact) mass is 304 g/mol. The van der Waals surface area contributed by atoms with Crippen molar-refractivity contribution in [2.24, 2.45) is 0 Å². The normalized spacial score (nSPS) is 11.5. The molecule has 76 valence electrons. The summed E-state index contributed by atoms with van der Waals surface area (Å²) in [5.41, 5.74) is 0.0243. The van der Waals surface area contributed by atoms with Crippen LogP contribution in [0.15, 0.2) is 24.3 Å². The molecule has 0 amide bonds. The van der Waals surface area contributed by atoms with Gasteiger partial charge in [-0.2, -0.15) is 0 Å². The topological polar surface area (TPSA) is 0 Å². The summed E-state index contributed by atoms with van der Waals surface area (Å²) in [7, 11) is 0. The van der Waals surface area contributed by atoms with Gasteiger partial charge >= 0.3 is 89.7 Å². The Hall–Kier alpha value is -0.120. The van der Waals surface area contributed by atoms with Crippen molar-refractivity contribution in [3.05, 3.63) is 35.4 Å². The Morgan fingerprint density at radius 1 is 1.14 bits per heavy atom. The molecule has 0 radical (unpaired) electrons. The average molecular weight is 304 g/mol. The van der Waals surface area contributed by atoms with Crippen LogP contribution < -0.4 is 0 Å². The number of rotatable bonds is 2. The molecule has 0 nitrogen and oxygen atoms in total. The van der Waals surface area contributed by atoms with Crippen molar-refractivity contribution >= 4 is 21.4 Å². The molecule has 0 spiro atoms. The van der Waals surface area contributed by atoms with E-state index < -0.39 is 33.2 Å². The first-order chi connectivity index (χ1) is 6.41. The van der Waals surface area contributed by atoms with Crippen LogP contribution in [0.1, 0.15) is 11.1 Å². The van der Waals surface area contributed by atoms with Crippen molar-refractivity contribution in [3.8, 4) is 0 Å². The molecule has 0 bridgehead atoms. The summed E-state index contributed by atoms with van der Waals surface area (Å²) in [5.74, 6) is 0. The molecule has 0 atom stereocenters. The molecule has 0 N–H and O–H groups in total. The third-order valence-electron chi connectivity index (χ3n) is 1.95. The summed E-state index contributed by atoms with van der Waals surface area (Å²) in [6.45, 7) is 0. The fourth-order valence-corrected chi connectivity index (χ4v) is 4.94. The van der Waals surface area contributed by atoms with Gasteiger partial charge in [0.1, 0.15) is 0 Å². The maximum absolute atomic E-state index is 12.5. The SMILES string of the molecule is [CH3][In]([CH3])[CH2]c1ccccc1C(F)(F)F. The average Bonchev–Trinajstić information content (AvgIpc) is 2.01. The number of halogens is 3. The summed E-state index contributed by atoms with van der Waals surface area (Å²) in [4.78, 5) is 0. The van der Waals surface area contributed by atoms with Crippen molar-refractivity contribution in [1.29, 1.82) is 0 Å². The second-order valence-corrected chi connectivity index (χ2v) is 12.9. The number of alkyl halides is 3. The van der Waals surface area contributed by atoms with Crippen LogP contribution in [0.25, 0.3) is 0 Å². The molecule has 1 aromatic carbocycles. The number of benzene rings is 1. The third kappa shape index (κ3) is 3.23. The molecule has 0 aliphatic rings. The van der Waals surface area contributed by atoms with Gasteiger partial charge in [-0.25, -0.2) is 0 Å². The van der Waals surface area contributed by atoms with Crippen molar-refractivity contribution in [3.63, 3.8) is 0 Å². The Kier molecular flexibility index (Phi) is 3.93. The first-order valence-corrected chi connectivity index (χ1v) is 13.5. The van der Waals surface area contributed by atoms with E-state index in [4.69, 9.17) is 0 Å². The zero-order valence-electron chi connectivity index (χ0n) is 8.23. The van der Waals surface area contributed by atoms with Gasteiger partial charge in [-0.3, -0.25) is 0 Å². The van der Waals surface area contributed by atoms with E-state index in [1.165, 1.54) is 12.1 Å². The fourth-order valence-electron chi connectivity index (χ4n) is 1.41. The first-order valence-electron chi connectivity index (χ1n) is 4.56. The second kappa shape index (κ2) is 4.60. The fraction of sp³-hybridized carbons (Fsp3) is 0.400. The summed E-state index contributed by atoms with van der Waals surface area (Å²) < 4.78 is 42.5. The van der Waals surface area contributed by atoms with Gasteiger partial charge in [0.25, 0.3) is 0 Å². The predicted molar refractivity (Wildman–Crippen MR) is 52.6 cm³/mol. The van der Waals surface area contributed by atoms with Gasteiger partial charge in [0.2, 0.25) is 0 Å². The summed E-state index contributed by atoms with van der Waals surface area (Å²) in [6, 6.07) is 5.89. The van der Waals surface area contributed by atoms with Crippen LogP contribution in [-0.2, 0) is 10.4 Å². The van der Waals surface area contributed by atoms with E-state index in [1.54, 1.807) is 12.1 Å². The maximum atomic E-state index is 12.5. The molecule has 1 aromatic rings. The molecule has 0 saturated carbocycles. The molecule has 0 unspecified atom stereocenters. The van der Waals surface area contributed by atoms with E-state index in [0.717, 1.165) is 0 Å². The van der Waals surface area contributed by atoms with Gasteiger partial charge in [-0.05, 0) is 0 Å². The second-order valence-electron chi connectivity index (χ2n) is 3.75. The van der Waals surface area contributed by atoms with Crippen LogP contribution in [0.2, 0.25) is 9.36 Å². The third-order valence-corrected chi connectivity index (χ3v) is 5.54. The van der Waals surface area contributed by atoms with Gasteiger partial charge in [-0.15, -0.1) is 0 Å². The molecule has 0 aromatic heterocycles. The van der Waals surface area contributed by atoms with Crippen molar-refractivity contribution in [2.75, 3.05) is 0 Å². The molecule has 0 saturated heterocycles. The van der Waals surface area contributed by atoms with E-state index in [-0.39, 0.29) is 0 Å². The van der Waals surface area contributed by atoms with E-state index in [2.05, 4.69) is 9.36 Å². The summed E-state index contributed by atoms with van der Waals surface area (Å²) >= 11 is -1.63. The number of hydrogen-bond donors (Lipinski definition) is 0. The van der Waals surface area contributed by atoms with Gasteiger partial charge in [-0.1, -0.05) is 0 Å². The summed E-state index contributed by atoms with van der Waals surface area (Å²) in [5, 5.41) is 0. The molecule has 0 aliphatic heterocycles. The Morgan fingerprint density at radius 3 is 2.21 bits per heavy atom. The minimum absolute atomic E-state index is 0.453. The standard InChI is InChI=1S/C8H6F3.2CH3.In/c1-6-4-2-3-5-7(6)8(9,10)11;;;/h2-5H,1H2;2*1H3;. The molecular formula is C10H12F3In. The molecule has 0 heterocycles. The van der Waals surface area contributed by atoms with Crippen LogP contribution in [0.3, 0.4) is 0 Å². The Bertz CT molecular complexity index is 304. The molecular weight excluding hydrogens is 292 g/mol. The molecule has 14 heavy (non-hydrogen) atoms. The Labute approximate surface area is 89.7 Å². The first kappa shape index (κ1) is 12.0. The van der Waals surface area contributed by atoms with E-state index in [1.807, 2.05) is 0 Å². The van der Waals surface area contributed by atoms with Gasteiger partial charge in [0.05, 0.1) is 0 Å². The van der Waals surface area contributed by atoms with Crippen molar-refractivity contribution in [2.45, 2.75) is 19.7 Å². The molecule has 1 rings (SSSR count). The number of hydrogen-bond acceptors (Lipinski definition) is 0. The van der Waals surface area contributed by atoms with Crippen LogP contribution in [0, 0.1) is 0 Å².